The fraction of sp³-hybridized carbons (Fsp3) is 0. The number of aromatic nitrogens is 1. The van der Waals surface area contributed by atoms with E-state index in [1.165, 1.54) is 0 Å². The summed E-state index contributed by atoms with van der Waals surface area (Å²) in [6.07, 6.45) is 3.50. The number of nitrogens with zero attached hydrogens (tertiary/aromatic N) is 1. The Morgan fingerprint density at radius 1 is 0.875 bits per heavy atom. The van der Waals surface area contributed by atoms with Gasteiger partial charge in [0.15, 0.2) is 0 Å². The summed E-state index contributed by atoms with van der Waals surface area (Å²) in [5.74, 6) is 0. The first-order valence-electron chi connectivity index (χ1n) is 1.85. The molecule has 3 heteroatoms. The van der Waals surface area contributed by atoms with Gasteiger partial charge in [0, 0.05) is 29.5 Å². The van der Waals surface area contributed by atoms with Crippen molar-refractivity contribution in [1.82, 2.24) is 4.98 Å². The Labute approximate surface area is 76.4 Å². The van der Waals surface area contributed by atoms with Crippen molar-refractivity contribution in [3.05, 3.63) is 30.6 Å². The molecule has 0 fully saturated rings. The van der Waals surface area contributed by atoms with Crippen molar-refractivity contribution in [2.24, 2.45) is 0 Å². The Hall–Kier alpha value is 0.399. The molecule has 0 aliphatic rings. The summed E-state index contributed by atoms with van der Waals surface area (Å²) >= 11 is 0. The number of hydrogen-bond acceptors (Lipinski definition) is 1. The van der Waals surface area contributed by atoms with Crippen LogP contribution in [0.15, 0.2) is 30.6 Å². The fourth-order valence-electron chi connectivity index (χ4n) is 0.313. The Morgan fingerprint density at radius 2 is 1.38 bits per heavy atom. The van der Waals surface area contributed by atoms with Crippen molar-refractivity contribution in [1.29, 1.82) is 0 Å². The Balaban J connectivity index is 0. The molecule has 0 aliphatic heterocycles. The topological polar surface area (TPSA) is 12.9 Å². The van der Waals surface area contributed by atoms with Gasteiger partial charge in [-0.1, -0.05) is 6.07 Å². The molecule has 1 aromatic rings. The minimum Gasteiger partial charge on any atom is -0.265 e. The molecule has 0 atom stereocenters. The molecule has 49 valence electrons. The second kappa shape index (κ2) is 7.40. The first kappa shape index (κ1) is 11.2. The molecule has 1 heterocycles. The van der Waals surface area contributed by atoms with Crippen LogP contribution in [0.5, 0.6) is 0 Å². The van der Waals surface area contributed by atoms with Gasteiger partial charge in [-0.15, -0.1) is 24.0 Å². The first-order valence-corrected chi connectivity index (χ1v) is 1.85. The zero-order valence-corrected chi connectivity index (χ0v) is 7.32. The van der Waals surface area contributed by atoms with E-state index in [4.69, 9.17) is 0 Å². The summed E-state index contributed by atoms with van der Waals surface area (Å²) in [7, 11) is 0. The average molecular weight is 271 g/mol. The van der Waals surface area contributed by atoms with E-state index < -0.39 is 0 Å². The summed E-state index contributed by atoms with van der Waals surface area (Å²) in [5.41, 5.74) is 0. The van der Waals surface area contributed by atoms with Crippen LogP contribution >= 0.6 is 24.0 Å². The molecule has 8 heavy (non-hydrogen) atoms. The molecular weight excluding hydrogens is 265 g/mol. The maximum Gasteiger partial charge on any atom is 0.0267 e. The maximum absolute atomic E-state index is 3.78. The summed E-state index contributed by atoms with van der Waals surface area (Å²) < 4.78 is 0. The third-order valence-corrected chi connectivity index (χ3v) is 0.566. The molecule has 0 saturated carbocycles. The van der Waals surface area contributed by atoms with Crippen LogP contribution < -0.4 is 0 Å². The summed E-state index contributed by atoms with van der Waals surface area (Å²) in [4.78, 5) is 3.78. The molecule has 0 bridgehead atoms. The minimum absolute atomic E-state index is 0. The van der Waals surface area contributed by atoms with Crippen molar-refractivity contribution in [3.63, 3.8) is 0 Å². The molecule has 0 aliphatic carbocycles. The van der Waals surface area contributed by atoms with E-state index in [2.05, 4.69) is 4.98 Å². The Kier molecular flexibility index (Phi) is 10.4. The third kappa shape index (κ3) is 4.56. The van der Waals surface area contributed by atoms with Crippen molar-refractivity contribution >= 4 is 24.0 Å². The van der Waals surface area contributed by atoms with Gasteiger partial charge in [0.05, 0.1) is 0 Å². The van der Waals surface area contributed by atoms with Gasteiger partial charge in [-0.2, -0.15) is 0 Å². The van der Waals surface area contributed by atoms with Crippen LogP contribution in [0.1, 0.15) is 0 Å². The molecule has 0 N–H and O–H groups in total. The molecule has 0 spiro atoms. The smallest absolute Gasteiger partial charge is 0.0267 e. The Morgan fingerprint density at radius 3 is 1.50 bits per heavy atom. The van der Waals surface area contributed by atoms with Gasteiger partial charge in [-0.3, -0.25) is 4.98 Å². The fourth-order valence-corrected chi connectivity index (χ4v) is 0.313. The van der Waals surface area contributed by atoms with Gasteiger partial charge in [0.25, 0.3) is 0 Å². The van der Waals surface area contributed by atoms with Gasteiger partial charge in [-0.25, -0.2) is 0 Å². The standard InChI is InChI=1S/C5H5N.Cu.HI/c1-2-4-6-5-3-1;;/h1-5H;;1H. The van der Waals surface area contributed by atoms with Gasteiger partial charge in [-0.05, 0) is 12.1 Å². The molecule has 1 radical (unpaired) electrons. The number of pyridine rings is 1. The zero-order chi connectivity index (χ0) is 4.24. The van der Waals surface area contributed by atoms with Crippen LogP contribution in [0.4, 0.5) is 0 Å². The molecule has 0 unspecified atom stereocenters. The predicted molar refractivity (Wildman–Crippen MR) is 39.7 cm³/mol. The monoisotopic (exact) mass is 270 g/mol. The summed E-state index contributed by atoms with van der Waals surface area (Å²) in [6, 6.07) is 5.72. The molecule has 1 rings (SSSR count). The third-order valence-electron chi connectivity index (χ3n) is 0.566. The van der Waals surface area contributed by atoms with E-state index >= 15 is 0 Å². The van der Waals surface area contributed by atoms with E-state index in [9.17, 15) is 0 Å². The van der Waals surface area contributed by atoms with Crippen LogP contribution in [-0.4, -0.2) is 4.98 Å². The number of hydrogen-bond donors (Lipinski definition) is 0. The van der Waals surface area contributed by atoms with Crippen LogP contribution in [0.2, 0.25) is 0 Å². The van der Waals surface area contributed by atoms with Crippen LogP contribution in [-0.2, 0) is 17.1 Å². The van der Waals surface area contributed by atoms with E-state index in [0.29, 0.717) is 0 Å². The van der Waals surface area contributed by atoms with Crippen LogP contribution in [0.3, 0.4) is 0 Å². The minimum atomic E-state index is 0. The van der Waals surface area contributed by atoms with E-state index in [-0.39, 0.29) is 41.0 Å². The largest absolute Gasteiger partial charge is 0.265 e. The van der Waals surface area contributed by atoms with Crippen LogP contribution in [0.25, 0.3) is 0 Å². The number of halogens is 1. The SMILES string of the molecule is I.[Cu].c1ccncc1. The first-order chi connectivity index (χ1) is 3.00. The second-order valence-corrected chi connectivity index (χ2v) is 1.02. The van der Waals surface area contributed by atoms with Gasteiger partial charge in [0.1, 0.15) is 0 Å². The summed E-state index contributed by atoms with van der Waals surface area (Å²) in [6.45, 7) is 0. The zero-order valence-electron chi connectivity index (χ0n) is 4.04. The van der Waals surface area contributed by atoms with E-state index in [0.717, 1.165) is 0 Å². The van der Waals surface area contributed by atoms with E-state index in [1.807, 2.05) is 18.2 Å². The summed E-state index contributed by atoms with van der Waals surface area (Å²) in [5, 5.41) is 0. The maximum atomic E-state index is 3.78. The molecule has 0 saturated heterocycles. The van der Waals surface area contributed by atoms with E-state index in [1.54, 1.807) is 12.4 Å². The molecule has 1 nitrogen and oxygen atoms in total. The average Bonchev–Trinajstić information content (AvgIpc) is 1.72. The molecule has 0 aromatic carbocycles. The normalized spacial score (nSPS) is 6.00. The Bertz CT molecular complexity index is 84.4. The van der Waals surface area contributed by atoms with Crippen molar-refractivity contribution in [2.45, 2.75) is 0 Å². The molecular formula is C5H6CuIN. The van der Waals surface area contributed by atoms with Crippen molar-refractivity contribution in [3.8, 4) is 0 Å². The predicted octanol–water partition coefficient (Wildman–Crippen LogP) is 1.70. The van der Waals surface area contributed by atoms with Gasteiger partial charge in [0.2, 0.25) is 0 Å². The van der Waals surface area contributed by atoms with Gasteiger partial charge >= 0.3 is 0 Å². The van der Waals surface area contributed by atoms with Gasteiger partial charge < -0.3 is 0 Å². The second-order valence-electron chi connectivity index (χ2n) is 1.02. The molecule has 0 amide bonds. The molecule has 1 aromatic heterocycles. The van der Waals surface area contributed by atoms with Crippen molar-refractivity contribution < 1.29 is 17.1 Å². The quantitative estimate of drug-likeness (QED) is 0.516. The van der Waals surface area contributed by atoms with Crippen molar-refractivity contribution in [2.75, 3.05) is 0 Å². The number of rotatable bonds is 0. The van der Waals surface area contributed by atoms with Crippen LogP contribution in [0, 0.1) is 0 Å².